The number of hydrogen-bond donors (Lipinski definition) is 4. The molecule has 1 aromatic rings. The Morgan fingerprint density at radius 1 is 0.806 bits per heavy atom. The fraction of sp³-hybridized carbons (Fsp3) is 0.731. The summed E-state index contributed by atoms with van der Waals surface area (Å²) in [6.45, 7) is 6.58. The van der Waals surface area contributed by atoms with Gasteiger partial charge in [0.15, 0.2) is 17.2 Å². The second-order valence-corrected chi connectivity index (χ2v) is 9.23. The predicted molar refractivity (Wildman–Crippen MR) is 126 cm³/mol. The summed E-state index contributed by atoms with van der Waals surface area (Å²) in [5, 5.41) is 39.6. The first kappa shape index (κ1) is 27.1. The van der Waals surface area contributed by atoms with E-state index in [1.807, 2.05) is 0 Å². The topological polar surface area (TPSA) is 98.0 Å². The van der Waals surface area contributed by atoms with Crippen LogP contribution in [0.5, 0.6) is 17.2 Å². The van der Waals surface area contributed by atoms with E-state index in [0.717, 1.165) is 44.9 Å². The number of phenolic OH excluding ortho intramolecular Hbond substituents is 3. The van der Waals surface area contributed by atoms with Crippen molar-refractivity contribution >= 4 is 5.97 Å². The van der Waals surface area contributed by atoms with Crippen molar-refractivity contribution in [2.75, 3.05) is 0 Å². The second kappa shape index (κ2) is 15.0. The molecular weight excluding hydrogens is 392 g/mol. The summed E-state index contributed by atoms with van der Waals surface area (Å²) in [6, 6.07) is 2.57. The lowest BCUT2D eigenvalue weighted by atomic mass is 9.77. The molecule has 0 heterocycles. The maximum atomic E-state index is 12.3. The van der Waals surface area contributed by atoms with Gasteiger partial charge in [-0.05, 0) is 42.4 Å². The van der Waals surface area contributed by atoms with Crippen molar-refractivity contribution in [1.29, 1.82) is 0 Å². The summed E-state index contributed by atoms with van der Waals surface area (Å²) in [6.07, 6.45) is 14.5. The lowest BCUT2D eigenvalue weighted by molar-refractivity contribution is -0.140. The van der Waals surface area contributed by atoms with Gasteiger partial charge in [0.05, 0.1) is 5.92 Å². The monoisotopic (exact) mass is 436 g/mol. The normalized spacial score (nSPS) is 14.3. The molecule has 3 unspecified atom stereocenters. The van der Waals surface area contributed by atoms with Crippen LogP contribution >= 0.6 is 0 Å². The van der Waals surface area contributed by atoms with Crippen molar-refractivity contribution in [3.05, 3.63) is 17.7 Å². The highest BCUT2D eigenvalue weighted by Gasteiger charge is 2.32. The minimum absolute atomic E-state index is 0.0758. The minimum atomic E-state index is -0.946. The number of unbranched alkanes of at least 4 members (excludes halogenated alkanes) is 8. The fourth-order valence-corrected chi connectivity index (χ4v) is 4.58. The number of carboxylic acids is 1. The number of aliphatic carboxylic acids is 1. The molecule has 0 amide bonds. The van der Waals surface area contributed by atoms with Gasteiger partial charge >= 0.3 is 5.97 Å². The Morgan fingerprint density at radius 2 is 1.29 bits per heavy atom. The third-order valence-electron chi connectivity index (χ3n) is 6.37. The molecule has 5 heteroatoms. The van der Waals surface area contributed by atoms with Gasteiger partial charge in [0.1, 0.15) is 0 Å². The molecule has 0 radical (unpaired) electrons. The van der Waals surface area contributed by atoms with Crippen molar-refractivity contribution in [3.8, 4) is 17.2 Å². The van der Waals surface area contributed by atoms with Crippen LogP contribution in [0.4, 0.5) is 0 Å². The van der Waals surface area contributed by atoms with Gasteiger partial charge in [0.25, 0.3) is 0 Å². The zero-order valence-electron chi connectivity index (χ0n) is 19.8. The van der Waals surface area contributed by atoms with Crippen LogP contribution < -0.4 is 0 Å². The summed E-state index contributed by atoms with van der Waals surface area (Å²) in [7, 11) is 0. The van der Waals surface area contributed by atoms with Gasteiger partial charge in [0.2, 0.25) is 0 Å². The Bertz CT molecular complexity index is 620. The van der Waals surface area contributed by atoms with Crippen LogP contribution in [0.25, 0.3) is 0 Å². The number of carboxylic acid groups (broad SMARTS) is 1. The molecule has 178 valence electrons. The van der Waals surface area contributed by atoms with Crippen molar-refractivity contribution < 1.29 is 25.2 Å². The molecule has 0 fully saturated rings. The van der Waals surface area contributed by atoms with Gasteiger partial charge in [0, 0.05) is 0 Å². The quantitative estimate of drug-likeness (QED) is 0.151. The molecule has 0 saturated carbocycles. The maximum absolute atomic E-state index is 12.3. The molecule has 0 aliphatic rings. The number of benzene rings is 1. The highest BCUT2D eigenvalue weighted by atomic mass is 16.4. The summed E-state index contributed by atoms with van der Waals surface area (Å²) in [5.74, 6) is -2.98. The first-order chi connectivity index (χ1) is 14.8. The van der Waals surface area contributed by atoms with Crippen LogP contribution in [0.15, 0.2) is 12.1 Å². The molecule has 3 atom stereocenters. The van der Waals surface area contributed by atoms with Crippen LogP contribution in [0.2, 0.25) is 0 Å². The zero-order valence-corrected chi connectivity index (χ0v) is 19.8. The maximum Gasteiger partial charge on any atom is 0.311 e. The smallest absolute Gasteiger partial charge is 0.311 e. The van der Waals surface area contributed by atoms with Crippen LogP contribution in [-0.2, 0) is 4.79 Å². The van der Waals surface area contributed by atoms with Gasteiger partial charge in [-0.1, -0.05) is 91.4 Å². The van der Waals surface area contributed by atoms with Crippen LogP contribution in [0.1, 0.15) is 116 Å². The number of aromatic hydroxyl groups is 3. The fourth-order valence-electron chi connectivity index (χ4n) is 4.58. The molecule has 1 rings (SSSR count). The van der Waals surface area contributed by atoms with Crippen molar-refractivity contribution in [2.45, 2.75) is 110 Å². The number of rotatable bonds is 17. The Labute approximate surface area is 188 Å². The molecule has 0 saturated heterocycles. The van der Waals surface area contributed by atoms with E-state index in [9.17, 15) is 25.2 Å². The Balaban J connectivity index is 2.92. The van der Waals surface area contributed by atoms with Gasteiger partial charge in [-0.15, -0.1) is 0 Å². The van der Waals surface area contributed by atoms with Crippen molar-refractivity contribution in [1.82, 2.24) is 0 Å². The number of hydrogen-bond acceptors (Lipinski definition) is 4. The lowest BCUT2D eigenvalue weighted by Crippen LogP contribution is -2.24. The van der Waals surface area contributed by atoms with E-state index in [0.29, 0.717) is 11.5 Å². The molecule has 5 nitrogen and oxygen atoms in total. The molecule has 0 aromatic heterocycles. The highest BCUT2D eigenvalue weighted by molar-refractivity contribution is 5.77. The molecule has 4 N–H and O–H groups in total. The standard InChI is InChI=1S/C26H44O5/c1-4-6-8-9-10-11-13-15-20(16-19(3)14-12-7-5-2)24(26(30)31)21-17-22(27)25(29)23(28)18-21/h17-20,24,27-29H,4-16H2,1-3H3,(H,30,31). The average molecular weight is 437 g/mol. The van der Waals surface area contributed by atoms with Crippen molar-refractivity contribution in [3.63, 3.8) is 0 Å². The second-order valence-electron chi connectivity index (χ2n) is 9.23. The third kappa shape index (κ3) is 9.84. The van der Waals surface area contributed by atoms with Gasteiger partial charge in [-0.3, -0.25) is 4.79 Å². The molecule has 0 aliphatic carbocycles. The Hall–Kier alpha value is -1.91. The largest absolute Gasteiger partial charge is 0.504 e. The highest BCUT2D eigenvalue weighted by Crippen LogP contribution is 2.42. The van der Waals surface area contributed by atoms with E-state index in [2.05, 4.69) is 20.8 Å². The summed E-state index contributed by atoms with van der Waals surface area (Å²) < 4.78 is 0. The van der Waals surface area contributed by atoms with Crippen molar-refractivity contribution in [2.24, 2.45) is 11.8 Å². The van der Waals surface area contributed by atoms with E-state index in [1.165, 1.54) is 50.7 Å². The first-order valence-electron chi connectivity index (χ1n) is 12.3. The first-order valence-corrected chi connectivity index (χ1v) is 12.3. The zero-order chi connectivity index (χ0) is 23.2. The molecule has 31 heavy (non-hydrogen) atoms. The van der Waals surface area contributed by atoms with Crippen LogP contribution in [0, 0.1) is 11.8 Å². The third-order valence-corrected chi connectivity index (χ3v) is 6.37. The molecule has 0 aliphatic heterocycles. The van der Waals surface area contributed by atoms with Crippen LogP contribution in [-0.4, -0.2) is 26.4 Å². The van der Waals surface area contributed by atoms with E-state index in [4.69, 9.17) is 0 Å². The Kier molecular flexibility index (Phi) is 13.1. The number of phenols is 3. The van der Waals surface area contributed by atoms with Crippen LogP contribution in [0.3, 0.4) is 0 Å². The lowest BCUT2D eigenvalue weighted by Gasteiger charge is -2.27. The summed E-state index contributed by atoms with van der Waals surface area (Å²) in [4.78, 5) is 12.3. The molecule has 0 bridgehead atoms. The van der Waals surface area contributed by atoms with E-state index in [-0.39, 0.29) is 5.92 Å². The van der Waals surface area contributed by atoms with Gasteiger partial charge in [-0.25, -0.2) is 0 Å². The molecular formula is C26H44O5. The van der Waals surface area contributed by atoms with E-state index >= 15 is 0 Å². The average Bonchev–Trinajstić information content (AvgIpc) is 2.71. The number of carbonyl (C=O) groups is 1. The van der Waals surface area contributed by atoms with Gasteiger partial charge < -0.3 is 20.4 Å². The molecule has 0 spiro atoms. The summed E-state index contributed by atoms with van der Waals surface area (Å²) in [5.41, 5.74) is 0.356. The van der Waals surface area contributed by atoms with E-state index in [1.54, 1.807) is 0 Å². The summed E-state index contributed by atoms with van der Waals surface area (Å²) >= 11 is 0. The van der Waals surface area contributed by atoms with E-state index < -0.39 is 29.1 Å². The van der Waals surface area contributed by atoms with Gasteiger partial charge in [-0.2, -0.15) is 0 Å². The molecule has 1 aromatic carbocycles. The SMILES string of the molecule is CCCCCCCCCC(CC(C)CCCCC)C(C(=O)O)c1cc(O)c(O)c(O)c1. The minimum Gasteiger partial charge on any atom is -0.504 e. The predicted octanol–water partition coefficient (Wildman–Crippen LogP) is 7.34. The Morgan fingerprint density at radius 3 is 1.84 bits per heavy atom.